The van der Waals surface area contributed by atoms with Crippen molar-refractivity contribution in [3.8, 4) is 0 Å². The van der Waals surface area contributed by atoms with Gasteiger partial charge >= 0.3 is 0 Å². The van der Waals surface area contributed by atoms with Crippen molar-refractivity contribution < 1.29 is 15.0 Å². The second-order valence-corrected chi connectivity index (χ2v) is 2.81. The number of aliphatic hydroxyl groups excluding tert-OH is 2. The summed E-state index contributed by atoms with van der Waals surface area (Å²) in [6.45, 7) is 2.23. The van der Waals surface area contributed by atoms with E-state index in [9.17, 15) is 4.79 Å². The van der Waals surface area contributed by atoms with Gasteiger partial charge in [0.05, 0.1) is 6.10 Å². The van der Waals surface area contributed by atoms with Crippen LogP contribution in [0.4, 0.5) is 0 Å². The monoisotopic (exact) mass is 175 g/mol. The Morgan fingerprint density at radius 1 is 1.58 bits per heavy atom. The van der Waals surface area contributed by atoms with Gasteiger partial charge in [-0.3, -0.25) is 4.79 Å². The fourth-order valence-corrected chi connectivity index (χ4v) is 0.748. The molecule has 4 heteroatoms. The molecule has 0 bridgehead atoms. The van der Waals surface area contributed by atoms with E-state index in [0.29, 0.717) is 25.8 Å². The Hall–Kier alpha value is -0.610. The second kappa shape index (κ2) is 7.06. The minimum atomic E-state index is -0.372. The van der Waals surface area contributed by atoms with Crippen molar-refractivity contribution in [1.29, 1.82) is 0 Å². The Labute approximate surface area is 72.6 Å². The van der Waals surface area contributed by atoms with Gasteiger partial charge in [-0.25, -0.2) is 0 Å². The van der Waals surface area contributed by atoms with Gasteiger partial charge in [-0.15, -0.1) is 0 Å². The molecule has 0 spiro atoms. The smallest absolute Gasteiger partial charge is 0.220 e. The van der Waals surface area contributed by atoms with E-state index in [1.807, 2.05) is 0 Å². The van der Waals surface area contributed by atoms with Crippen LogP contribution in [0.1, 0.15) is 26.2 Å². The molecule has 0 rings (SSSR count). The van der Waals surface area contributed by atoms with Gasteiger partial charge in [-0.2, -0.15) is 0 Å². The molecule has 0 aliphatic rings. The maximum absolute atomic E-state index is 10.9. The molecule has 1 amide bonds. The molecule has 0 heterocycles. The summed E-state index contributed by atoms with van der Waals surface area (Å²) in [5, 5.41) is 19.9. The van der Waals surface area contributed by atoms with E-state index >= 15 is 0 Å². The van der Waals surface area contributed by atoms with E-state index in [1.54, 1.807) is 6.92 Å². The summed E-state index contributed by atoms with van der Waals surface area (Å²) in [6, 6.07) is 0. The molecule has 0 aromatic heterocycles. The van der Waals surface area contributed by atoms with E-state index in [1.165, 1.54) is 0 Å². The predicted molar refractivity (Wildman–Crippen MR) is 45.6 cm³/mol. The van der Waals surface area contributed by atoms with Crippen LogP contribution in [0.5, 0.6) is 0 Å². The summed E-state index contributed by atoms with van der Waals surface area (Å²) in [6.07, 6.45) is 1.06. The van der Waals surface area contributed by atoms with Crippen molar-refractivity contribution in [3.63, 3.8) is 0 Å². The number of nitrogens with one attached hydrogen (secondary N) is 1. The molecule has 0 saturated heterocycles. The number of carbonyl (C=O) groups excluding carboxylic acids is 1. The first-order valence-corrected chi connectivity index (χ1v) is 4.22. The Morgan fingerprint density at radius 2 is 2.25 bits per heavy atom. The highest BCUT2D eigenvalue weighted by Gasteiger charge is 2.00. The molecular weight excluding hydrogens is 158 g/mol. The van der Waals surface area contributed by atoms with Crippen LogP contribution in [0, 0.1) is 0 Å². The molecule has 0 aliphatic heterocycles. The van der Waals surface area contributed by atoms with Gasteiger partial charge in [0.2, 0.25) is 5.91 Å². The van der Waals surface area contributed by atoms with E-state index in [0.717, 1.165) is 0 Å². The van der Waals surface area contributed by atoms with Crippen molar-refractivity contribution in [2.24, 2.45) is 0 Å². The zero-order valence-electron chi connectivity index (χ0n) is 7.42. The van der Waals surface area contributed by atoms with Gasteiger partial charge in [0.1, 0.15) is 0 Å². The first kappa shape index (κ1) is 11.4. The second-order valence-electron chi connectivity index (χ2n) is 2.81. The van der Waals surface area contributed by atoms with Crippen LogP contribution in [0.3, 0.4) is 0 Å². The van der Waals surface area contributed by atoms with Crippen molar-refractivity contribution in [2.45, 2.75) is 32.3 Å². The number of rotatable bonds is 6. The molecule has 1 unspecified atom stereocenters. The third-order valence-corrected chi connectivity index (χ3v) is 1.45. The van der Waals surface area contributed by atoms with Crippen LogP contribution in [0.15, 0.2) is 0 Å². The van der Waals surface area contributed by atoms with Gasteiger partial charge in [-0.05, 0) is 19.8 Å². The molecule has 0 saturated carbocycles. The van der Waals surface area contributed by atoms with E-state index in [-0.39, 0.29) is 18.6 Å². The van der Waals surface area contributed by atoms with Crippen LogP contribution in [0.2, 0.25) is 0 Å². The lowest BCUT2D eigenvalue weighted by Crippen LogP contribution is -2.26. The maximum atomic E-state index is 10.9. The van der Waals surface area contributed by atoms with E-state index < -0.39 is 0 Å². The molecule has 0 fully saturated rings. The quantitative estimate of drug-likeness (QED) is 0.516. The van der Waals surface area contributed by atoms with Crippen molar-refractivity contribution in [2.75, 3.05) is 13.2 Å². The number of amides is 1. The van der Waals surface area contributed by atoms with Gasteiger partial charge in [0.25, 0.3) is 0 Å². The van der Waals surface area contributed by atoms with Crippen LogP contribution in [-0.2, 0) is 4.79 Å². The van der Waals surface area contributed by atoms with E-state index in [4.69, 9.17) is 10.2 Å². The molecule has 0 aromatic rings. The lowest BCUT2D eigenvalue weighted by atomic mass is 10.2. The summed E-state index contributed by atoms with van der Waals surface area (Å²) >= 11 is 0. The minimum absolute atomic E-state index is 0.0455. The van der Waals surface area contributed by atoms with Gasteiger partial charge < -0.3 is 15.5 Å². The fraction of sp³-hybridized carbons (Fsp3) is 0.875. The Kier molecular flexibility index (Phi) is 6.70. The summed E-state index contributed by atoms with van der Waals surface area (Å²) in [4.78, 5) is 10.9. The molecule has 0 radical (unpaired) electrons. The van der Waals surface area contributed by atoms with Gasteiger partial charge in [0, 0.05) is 19.6 Å². The normalized spacial score (nSPS) is 12.6. The molecule has 72 valence electrons. The maximum Gasteiger partial charge on any atom is 0.220 e. The lowest BCUT2D eigenvalue weighted by molar-refractivity contribution is -0.121. The van der Waals surface area contributed by atoms with Crippen LogP contribution < -0.4 is 5.32 Å². The van der Waals surface area contributed by atoms with Crippen molar-refractivity contribution >= 4 is 5.91 Å². The van der Waals surface area contributed by atoms with Crippen LogP contribution >= 0.6 is 0 Å². The standard InChI is InChI=1S/C8H17NO3/c1-7(11)4-5-9-8(12)3-2-6-10/h7,10-11H,2-6H2,1H3,(H,9,12). The van der Waals surface area contributed by atoms with Crippen LogP contribution in [0.25, 0.3) is 0 Å². The minimum Gasteiger partial charge on any atom is -0.396 e. The predicted octanol–water partition coefficient (Wildman–Crippen LogP) is -0.354. The zero-order valence-corrected chi connectivity index (χ0v) is 7.42. The summed E-state index contributed by atoms with van der Waals surface area (Å²) < 4.78 is 0. The van der Waals surface area contributed by atoms with Crippen molar-refractivity contribution in [1.82, 2.24) is 5.32 Å². The molecule has 3 N–H and O–H groups in total. The highest BCUT2D eigenvalue weighted by Crippen LogP contribution is 1.89. The molecule has 1 atom stereocenters. The van der Waals surface area contributed by atoms with Crippen LogP contribution in [-0.4, -0.2) is 35.4 Å². The third-order valence-electron chi connectivity index (χ3n) is 1.45. The SMILES string of the molecule is CC(O)CCNC(=O)CCCO. The van der Waals surface area contributed by atoms with Gasteiger partial charge in [-0.1, -0.05) is 0 Å². The molecule has 0 aliphatic carbocycles. The Morgan fingerprint density at radius 3 is 2.75 bits per heavy atom. The number of hydrogen-bond donors (Lipinski definition) is 3. The first-order chi connectivity index (χ1) is 5.66. The Bertz CT molecular complexity index is 125. The Balaban J connectivity index is 3.20. The first-order valence-electron chi connectivity index (χ1n) is 4.22. The fourth-order valence-electron chi connectivity index (χ4n) is 0.748. The van der Waals surface area contributed by atoms with Crippen molar-refractivity contribution in [3.05, 3.63) is 0 Å². The lowest BCUT2D eigenvalue weighted by Gasteiger charge is -2.05. The summed E-state index contributed by atoms with van der Waals surface area (Å²) in [5.74, 6) is -0.0651. The number of carbonyl (C=O) groups is 1. The molecule has 4 nitrogen and oxygen atoms in total. The average molecular weight is 175 g/mol. The highest BCUT2D eigenvalue weighted by molar-refractivity contribution is 5.75. The van der Waals surface area contributed by atoms with Gasteiger partial charge in [0.15, 0.2) is 0 Å². The summed E-state index contributed by atoms with van der Waals surface area (Å²) in [5.41, 5.74) is 0. The average Bonchev–Trinajstić information content (AvgIpc) is 2.00. The highest BCUT2D eigenvalue weighted by atomic mass is 16.3. The largest absolute Gasteiger partial charge is 0.396 e. The third kappa shape index (κ3) is 7.50. The number of aliphatic hydroxyl groups is 2. The van der Waals surface area contributed by atoms with E-state index in [2.05, 4.69) is 5.32 Å². The molecule has 0 aromatic carbocycles. The zero-order chi connectivity index (χ0) is 9.40. The molecular formula is C8H17NO3. The number of hydrogen-bond acceptors (Lipinski definition) is 3. The summed E-state index contributed by atoms with van der Waals surface area (Å²) in [7, 11) is 0. The topological polar surface area (TPSA) is 69.6 Å². The molecule has 12 heavy (non-hydrogen) atoms.